The number of esters is 3. The van der Waals surface area contributed by atoms with Gasteiger partial charge in [-0.15, -0.1) is 0 Å². The Morgan fingerprint density at radius 2 is 1.79 bits per heavy atom. The number of fused-ring (bicyclic) bond motifs is 2. The zero-order chi connectivity index (χ0) is 25.2. The molecular formula is C26H36O8. The van der Waals surface area contributed by atoms with Gasteiger partial charge in [-0.3, -0.25) is 14.4 Å². The molecule has 0 aromatic rings. The molecule has 0 radical (unpaired) electrons. The van der Waals surface area contributed by atoms with Gasteiger partial charge >= 0.3 is 17.9 Å². The predicted molar refractivity (Wildman–Crippen MR) is 123 cm³/mol. The maximum Gasteiger partial charge on any atom is 0.305 e. The van der Waals surface area contributed by atoms with E-state index in [0.29, 0.717) is 18.4 Å². The Balaban J connectivity index is 1.98. The molecule has 1 aliphatic carbocycles. The highest BCUT2D eigenvalue weighted by molar-refractivity contribution is 5.67. The predicted octanol–water partition coefficient (Wildman–Crippen LogP) is 4.14. The van der Waals surface area contributed by atoms with Gasteiger partial charge in [-0.2, -0.15) is 0 Å². The lowest BCUT2D eigenvalue weighted by Gasteiger charge is -2.41. The number of carbonyl (C=O) groups is 3. The normalized spacial score (nSPS) is 32.0. The summed E-state index contributed by atoms with van der Waals surface area (Å²) in [4.78, 5) is 35.5. The van der Waals surface area contributed by atoms with Crippen LogP contribution in [0.3, 0.4) is 0 Å². The van der Waals surface area contributed by atoms with Crippen molar-refractivity contribution in [1.82, 2.24) is 0 Å². The van der Waals surface area contributed by atoms with Crippen molar-refractivity contribution in [3.63, 3.8) is 0 Å². The summed E-state index contributed by atoms with van der Waals surface area (Å²) in [5, 5.41) is 0. The molecular weight excluding hydrogens is 440 g/mol. The van der Waals surface area contributed by atoms with Gasteiger partial charge in [-0.25, -0.2) is 0 Å². The van der Waals surface area contributed by atoms with E-state index in [4.69, 9.17) is 23.7 Å². The molecule has 8 heteroatoms. The number of hydrogen-bond donors (Lipinski definition) is 0. The Hall–Kier alpha value is -2.61. The monoisotopic (exact) mass is 476 g/mol. The fourth-order valence-electron chi connectivity index (χ4n) is 5.11. The molecule has 0 amide bonds. The Morgan fingerprint density at radius 3 is 2.38 bits per heavy atom. The van der Waals surface area contributed by atoms with E-state index in [-0.39, 0.29) is 30.0 Å². The second-order valence-corrected chi connectivity index (χ2v) is 9.80. The van der Waals surface area contributed by atoms with Crippen LogP contribution in [0.2, 0.25) is 0 Å². The molecule has 0 aromatic carbocycles. The third-order valence-corrected chi connectivity index (χ3v) is 6.93. The van der Waals surface area contributed by atoms with Gasteiger partial charge in [0, 0.05) is 38.7 Å². The fraction of sp³-hybridized carbons (Fsp3) is 0.654. The first-order chi connectivity index (χ1) is 15.9. The summed E-state index contributed by atoms with van der Waals surface area (Å²) in [6.45, 7) is 16.1. The molecule has 3 unspecified atom stereocenters. The van der Waals surface area contributed by atoms with E-state index in [1.54, 1.807) is 6.92 Å². The van der Waals surface area contributed by atoms with E-state index in [1.807, 2.05) is 0 Å². The molecule has 0 N–H and O–H groups in total. The van der Waals surface area contributed by atoms with Crippen molar-refractivity contribution < 1.29 is 38.1 Å². The number of ether oxygens (including phenoxy) is 5. The molecule has 1 saturated carbocycles. The third-order valence-electron chi connectivity index (χ3n) is 6.93. The lowest BCUT2D eigenvalue weighted by Crippen LogP contribution is -2.42. The minimum absolute atomic E-state index is 0.169. The summed E-state index contributed by atoms with van der Waals surface area (Å²) in [6, 6.07) is 0. The van der Waals surface area contributed by atoms with Gasteiger partial charge in [0.1, 0.15) is 12.2 Å². The van der Waals surface area contributed by atoms with E-state index in [2.05, 4.69) is 20.1 Å². The molecule has 0 bridgehead atoms. The van der Waals surface area contributed by atoms with Crippen molar-refractivity contribution in [2.75, 3.05) is 0 Å². The molecule has 3 rings (SSSR count). The largest absolute Gasteiger partial charge is 0.462 e. The maximum absolute atomic E-state index is 12.1. The molecule has 0 spiro atoms. The first kappa shape index (κ1) is 26.0. The molecule has 2 heterocycles. The topological polar surface area (TPSA) is 101 Å². The van der Waals surface area contributed by atoms with Crippen LogP contribution in [-0.4, -0.2) is 48.1 Å². The third kappa shape index (κ3) is 6.09. The molecule has 0 aromatic heterocycles. The van der Waals surface area contributed by atoms with Crippen molar-refractivity contribution >= 4 is 17.9 Å². The maximum atomic E-state index is 12.1. The van der Waals surface area contributed by atoms with Crippen LogP contribution in [-0.2, 0) is 38.1 Å². The van der Waals surface area contributed by atoms with Crippen LogP contribution in [0.1, 0.15) is 66.7 Å². The Morgan fingerprint density at radius 1 is 1.12 bits per heavy atom. The second kappa shape index (κ2) is 10.3. The number of hydrogen-bond acceptors (Lipinski definition) is 8. The van der Waals surface area contributed by atoms with E-state index >= 15 is 0 Å². The van der Waals surface area contributed by atoms with Gasteiger partial charge in [0.25, 0.3) is 0 Å². The molecule has 8 nitrogen and oxygen atoms in total. The van der Waals surface area contributed by atoms with Crippen molar-refractivity contribution in [3.8, 4) is 0 Å². The van der Waals surface area contributed by atoms with Crippen LogP contribution in [0.25, 0.3) is 0 Å². The molecule has 1 saturated heterocycles. The molecule has 2 aliphatic heterocycles. The highest BCUT2D eigenvalue weighted by Crippen LogP contribution is 2.50. The Bertz CT molecular complexity index is 889. The SMILES string of the molecule is C=C(C)C(CC(OC(C)=O)C1=CO[C@H](OC(C)=O)C2C(=C)CC[C@@H]3O[C@@]3(C)CC[C@H]12)OC(C)=O. The Kier molecular flexibility index (Phi) is 7.91. The number of rotatable bonds is 7. The molecule has 3 aliphatic rings. The first-order valence-electron chi connectivity index (χ1n) is 11.8. The van der Waals surface area contributed by atoms with Crippen molar-refractivity contribution in [3.05, 3.63) is 36.1 Å². The molecule has 188 valence electrons. The van der Waals surface area contributed by atoms with Gasteiger partial charge in [-0.05, 0) is 45.1 Å². The van der Waals surface area contributed by atoms with Crippen molar-refractivity contribution in [1.29, 1.82) is 0 Å². The summed E-state index contributed by atoms with van der Waals surface area (Å²) >= 11 is 0. The van der Waals surface area contributed by atoms with Crippen LogP contribution in [0.5, 0.6) is 0 Å². The number of carbonyl (C=O) groups excluding carboxylic acids is 3. The van der Waals surface area contributed by atoms with E-state index in [1.165, 1.54) is 27.0 Å². The van der Waals surface area contributed by atoms with Crippen LogP contribution in [0.4, 0.5) is 0 Å². The fourth-order valence-corrected chi connectivity index (χ4v) is 5.11. The standard InChI is InChI=1S/C26H36O8/c1-14(2)21(31-16(4)27)12-22(32-17(5)28)20-13-30-25(33-18(6)29)24-15(3)8-9-23-26(7,34-23)11-10-19(20)24/h13,19,21-25H,1,3,8-12H2,2,4-7H3/t19-,21?,22?,23+,24?,25-,26+/m1/s1. The van der Waals surface area contributed by atoms with Gasteiger partial charge in [0.05, 0.1) is 23.9 Å². The van der Waals surface area contributed by atoms with Gasteiger partial charge in [0.2, 0.25) is 6.29 Å². The quantitative estimate of drug-likeness (QED) is 0.234. The van der Waals surface area contributed by atoms with Gasteiger partial charge < -0.3 is 23.7 Å². The van der Waals surface area contributed by atoms with Crippen LogP contribution < -0.4 is 0 Å². The average Bonchev–Trinajstić information content (AvgIpc) is 3.37. The first-order valence-corrected chi connectivity index (χ1v) is 11.8. The minimum Gasteiger partial charge on any atom is -0.462 e. The summed E-state index contributed by atoms with van der Waals surface area (Å²) in [7, 11) is 0. The average molecular weight is 477 g/mol. The zero-order valence-electron chi connectivity index (χ0n) is 20.8. The molecule has 2 fully saturated rings. The van der Waals surface area contributed by atoms with Crippen molar-refractivity contribution in [2.45, 2.75) is 96.9 Å². The summed E-state index contributed by atoms with van der Waals surface area (Å²) in [6.07, 6.45) is 2.76. The van der Waals surface area contributed by atoms with E-state index in [0.717, 1.165) is 24.0 Å². The summed E-state index contributed by atoms with van der Waals surface area (Å²) < 4.78 is 28.6. The minimum atomic E-state index is -0.815. The molecule has 34 heavy (non-hydrogen) atoms. The Labute approximate surface area is 201 Å². The number of epoxide rings is 1. The van der Waals surface area contributed by atoms with Gasteiger partial charge in [0.15, 0.2) is 0 Å². The van der Waals surface area contributed by atoms with Crippen LogP contribution in [0, 0.1) is 11.8 Å². The second-order valence-electron chi connectivity index (χ2n) is 9.80. The summed E-state index contributed by atoms with van der Waals surface area (Å²) in [5.74, 6) is -1.83. The smallest absolute Gasteiger partial charge is 0.305 e. The van der Waals surface area contributed by atoms with Crippen LogP contribution in [0.15, 0.2) is 36.1 Å². The van der Waals surface area contributed by atoms with Gasteiger partial charge in [-0.1, -0.05) is 18.7 Å². The zero-order valence-corrected chi connectivity index (χ0v) is 20.8. The summed E-state index contributed by atoms with van der Waals surface area (Å²) in [5.41, 5.74) is 2.08. The van der Waals surface area contributed by atoms with Crippen LogP contribution >= 0.6 is 0 Å². The highest BCUT2D eigenvalue weighted by Gasteiger charge is 2.54. The molecule has 7 atom stereocenters. The lowest BCUT2D eigenvalue weighted by molar-refractivity contribution is -0.181. The lowest BCUT2D eigenvalue weighted by atomic mass is 9.74. The van der Waals surface area contributed by atoms with E-state index < -0.39 is 36.4 Å². The van der Waals surface area contributed by atoms with Crippen molar-refractivity contribution in [2.24, 2.45) is 11.8 Å². The highest BCUT2D eigenvalue weighted by atomic mass is 16.7. The van der Waals surface area contributed by atoms with E-state index in [9.17, 15) is 14.4 Å².